The molecule has 1 aromatic carbocycles. The van der Waals surface area contributed by atoms with E-state index in [-0.39, 0.29) is 10.6 Å². The molecule has 0 bridgehead atoms. The number of hydrogen-bond acceptors (Lipinski definition) is 4. The minimum absolute atomic E-state index is 0.0281. The van der Waals surface area contributed by atoms with Gasteiger partial charge in [0.05, 0.1) is 11.4 Å². The van der Waals surface area contributed by atoms with Crippen LogP contribution in [0.1, 0.15) is 33.1 Å². The first-order chi connectivity index (χ1) is 8.82. The normalized spacial score (nSPS) is 11.8. The highest BCUT2D eigenvalue weighted by atomic mass is 32.2. The lowest BCUT2D eigenvalue weighted by Gasteiger charge is -2.12. The van der Waals surface area contributed by atoms with Gasteiger partial charge in [0.15, 0.2) is 0 Å². The Bertz CT molecular complexity index is 513. The fraction of sp³-hybridized carbons (Fsp3) is 0.538. The van der Waals surface area contributed by atoms with Gasteiger partial charge in [-0.1, -0.05) is 32.8 Å². The Morgan fingerprint density at radius 2 is 1.95 bits per heavy atom. The molecule has 0 unspecified atom stereocenters. The number of hydrogen-bond donors (Lipinski definition) is 3. The van der Waals surface area contributed by atoms with Gasteiger partial charge < -0.3 is 11.1 Å². The summed E-state index contributed by atoms with van der Waals surface area (Å²) in [5, 5.41) is 8.25. The Morgan fingerprint density at radius 1 is 1.26 bits per heavy atom. The summed E-state index contributed by atoms with van der Waals surface area (Å²) in [5.74, 6) is 0.704. The quantitative estimate of drug-likeness (QED) is 0.528. The van der Waals surface area contributed by atoms with Crippen LogP contribution in [0, 0.1) is 5.92 Å². The molecule has 5 N–H and O–H groups in total. The van der Waals surface area contributed by atoms with Crippen molar-refractivity contribution in [3.63, 3.8) is 0 Å². The van der Waals surface area contributed by atoms with E-state index in [1.807, 2.05) is 0 Å². The Kier molecular flexibility index (Phi) is 5.62. The number of anilines is 2. The number of unbranched alkanes of at least 4 members (excludes halogenated alkanes) is 1. The second-order valence-corrected chi connectivity index (χ2v) is 6.61. The molecule has 1 aromatic rings. The maximum Gasteiger partial charge on any atom is 0.240 e. The lowest BCUT2D eigenvalue weighted by atomic mass is 10.1. The van der Waals surface area contributed by atoms with Crippen molar-refractivity contribution < 1.29 is 8.42 Å². The largest absolute Gasteiger partial charge is 0.396 e. The summed E-state index contributed by atoms with van der Waals surface area (Å²) in [6.07, 6.45) is 3.35. The molecule has 0 saturated heterocycles. The second-order valence-electron chi connectivity index (χ2n) is 5.08. The van der Waals surface area contributed by atoms with E-state index in [1.54, 1.807) is 12.1 Å². The second kappa shape index (κ2) is 6.77. The summed E-state index contributed by atoms with van der Waals surface area (Å²) in [6, 6.07) is 4.80. The number of primary sulfonamides is 1. The molecule has 0 atom stereocenters. The smallest absolute Gasteiger partial charge is 0.240 e. The zero-order chi connectivity index (χ0) is 14.5. The molecule has 5 nitrogen and oxygen atoms in total. The van der Waals surface area contributed by atoms with Gasteiger partial charge in [0.2, 0.25) is 10.0 Å². The number of benzene rings is 1. The molecule has 0 fully saturated rings. The van der Waals surface area contributed by atoms with Crippen LogP contribution in [-0.2, 0) is 10.0 Å². The first kappa shape index (κ1) is 15.8. The van der Waals surface area contributed by atoms with Gasteiger partial charge in [-0.2, -0.15) is 0 Å². The van der Waals surface area contributed by atoms with Gasteiger partial charge >= 0.3 is 0 Å². The van der Waals surface area contributed by atoms with Crippen molar-refractivity contribution in [1.29, 1.82) is 0 Å². The molecule has 0 amide bonds. The highest BCUT2D eigenvalue weighted by Gasteiger charge is 2.14. The highest BCUT2D eigenvalue weighted by molar-refractivity contribution is 7.89. The molecule has 0 saturated carbocycles. The lowest BCUT2D eigenvalue weighted by Crippen LogP contribution is -2.15. The van der Waals surface area contributed by atoms with Crippen molar-refractivity contribution in [2.24, 2.45) is 11.1 Å². The molecule has 0 aliphatic rings. The van der Waals surface area contributed by atoms with Gasteiger partial charge in [0.1, 0.15) is 4.90 Å². The predicted octanol–water partition coefficient (Wildman–Crippen LogP) is 2.15. The maximum absolute atomic E-state index is 11.3. The Balaban J connectivity index is 2.60. The van der Waals surface area contributed by atoms with E-state index in [0.29, 0.717) is 11.6 Å². The molecule has 0 radical (unpaired) electrons. The summed E-state index contributed by atoms with van der Waals surface area (Å²) >= 11 is 0. The summed E-state index contributed by atoms with van der Waals surface area (Å²) in [7, 11) is -3.77. The van der Waals surface area contributed by atoms with Crippen molar-refractivity contribution in [2.45, 2.75) is 38.0 Å². The monoisotopic (exact) mass is 285 g/mol. The minimum atomic E-state index is -3.77. The first-order valence-corrected chi connectivity index (χ1v) is 8.02. The van der Waals surface area contributed by atoms with Crippen molar-refractivity contribution in [1.82, 2.24) is 0 Å². The summed E-state index contributed by atoms with van der Waals surface area (Å²) in [4.78, 5) is -0.0281. The summed E-state index contributed by atoms with van der Waals surface area (Å²) < 4.78 is 22.7. The molecule has 6 heteroatoms. The fourth-order valence-electron chi connectivity index (χ4n) is 1.85. The molecular weight excluding hydrogens is 262 g/mol. The number of nitrogens with two attached hydrogens (primary N) is 2. The zero-order valence-corrected chi connectivity index (χ0v) is 12.3. The van der Waals surface area contributed by atoms with E-state index in [0.717, 1.165) is 19.4 Å². The third kappa shape index (κ3) is 5.08. The molecule has 0 aliphatic carbocycles. The molecule has 108 valence electrons. The molecule has 1 rings (SSSR count). The highest BCUT2D eigenvalue weighted by Crippen LogP contribution is 2.25. The van der Waals surface area contributed by atoms with Crippen LogP contribution in [0.25, 0.3) is 0 Å². The number of nitrogen functional groups attached to an aromatic ring is 1. The topological polar surface area (TPSA) is 98.2 Å². The fourth-order valence-corrected chi connectivity index (χ4v) is 2.53. The zero-order valence-electron chi connectivity index (χ0n) is 11.5. The minimum Gasteiger partial charge on any atom is -0.396 e. The molecular formula is C13H23N3O2S. The molecule has 0 heterocycles. The predicted molar refractivity (Wildman–Crippen MR) is 79.4 cm³/mol. The van der Waals surface area contributed by atoms with Crippen LogP contribution in [0.3, 0.4) is 0 Å². The summed E-state index contributed by atoms with van der Waals surface area (Å²) in [5.41, 5.74) is 6.62. The van der Waals surface area contributed by atoms with Crippen molar-refractivity contribution in [3.05, 3.63) is 18.2 Å². The van der Waals surface area contributed by atoms with Crippen LogP contribution in [0.15, 0.2) is 23.1 Å². The lowest BCUT2D eigenvalue weighted by molar-refractivity contribution is 0.545. The van der Waals surface area contributed by atoms with Crippen molar-refractivity contribution in [2.75, 3.05) is 17.6 Å². The molecule has 0 spiro atoms. The van der Waals surface area contributed by atoms with Gasteiger partial charge in [-0.3, -0.25) is 0 Å². The average molecular weight is 285 g/mol. The van der Waals surface area contributed by atoms with Gasteiger partial charge in [-0.05, 0) is 24.5 Å². The van der Waals surface area contributed by atoms with Crippen LogP contribution in [0.5, 0.6) is 0 Å². The van der Waals surface area contributed by atoms with E-state index in [2.05, 4.69) is 19.2 Å². The standard InChI is InChI=1S/C13H23N3O2S/c1-10(2)6-3-4-9-16-11-7-5-8-12(13(11)14)19(15,17)18/h5,7-8,10,16H,3-4,6,9,14H2,1-2H3,(H2,15,17,18). The van der Waals surface area contributed by atoms with Crippen molar-refractivity contribution >= 4 is 21.4 Å². The Morgan fingerprint density at radius 3 is 2.53 bits per heavy atom. The van der Waals surface area contributed by atoms with Gasteiger partial charge in [0.25, 0.3) is 0 Å². The van der Waals surface area contributed by atoms with E-state index in [1.165, 1.54) is 12.5 Å². The SMILES string of the molecule is CC(C)CCCCNc1cccc(S(N)(=O)=O)c1N. The number of nitrogens with one attached hydrogen (secondary N) is 1. The van der Waals surface area contributed by atoms with Crippen molar-refractivity contribution in [3.8, 4) is 0 Å². The van der Waals surface area contributed by atoms with E-state index in [9.17, 15) is 8.42 Å². The molecule has 19 heavy (non-hydrogen) atoms. The number of para-hydroxylation sites is 1. The summed E-state index contributed by atoms with van der Waals surface area (Å²) in [6.45, 7) is 5.16. The van der Waals surface area contributed by atoms with Crippen LogP contribution < -0.4 is 16.2 Å². The number of rotatable bonds is 7. The maximum atomic E-state index is 11.3. The molecule has 0 aromatic heterocycles. The van der Waals surface area contributed by atoms with E-state index < -0.39 is 10.0 Å². The van der Waals surface area contributed by atoms with Crippen LogP contribution in [0.2, 0.25) is 0 Å². The number of sulfonamides is 1. The third-order valence-corrected chi connectivity index (χ3v) is 3.87. The van der Waals surface area contributed by atoms with Gasteiger partial charge in [-0.15, -0.1) is 0 Å². The van der Waals surface area contributed by atoms with Crippen LogP contribution >= 0.6 is 0 Å². The molecule has 0 aliphatic heterocycles. The third-order valence-electron chi connectivity index (χ3n) is 2.90. The average Bonchev–Trinajstić information content (AvgIpc) is 2.28. The van der Waals surface area contributed by atoms with Gasteiger partial charge in [0, 0.05) is 6.54 Å². The van der Waals surface area contributed by atoms with Crippen LogP contribution in [0.4, 0.5) is 11.4 Å². The van der Waals surface area contributed by atoms with E-state index in [4.69, 9.17) is 10.9 Å². The van der Waals surface area contributed by atoms with Gasteiger partial charge in [-0.25, -0.2) is 13.6 Å². The first-order valence-electron chi connectivity index (χ1n) is 6.47. The van der Waals surface area contributed by atoms with Crippen LogP contribution in [-0.4, -0.2) is 15.0 Å². The van der Waals surface area contributed by atoms with E-state index >= 15 is 0 Å². The Labute approximate surface area is 115 Å². The Hall–Kier alpha value is -1.27.